The van der Waals surface area contributed by atoms with Gasteiger partial charge in [-0.2, -0.15) is 0 Å². The third kappa shape index (κ3) is 1.95. The summed E-state index contributed by atoms with van der Waals surface area (Å²) in [6.45, 7) is 8.29. The van der Waals surface area contributed by atoms with Crippen molar-refractivity contribution in [1.29, 1.82) is 0 Å². The predicted molar refractivity (Wildman–Crippen MR) is 76.7 cm³/mol. The Morgan fingerprint density at radius 3 is 2.53 bits per heavy atom. The van der Waals surface area contributed by atoms with E-state index >= 15 is 0 Å². The van der Waals surface area contributed by atoms with Crippen molar-refractivity contribution in [1.82, 2.24) is 0 Å². The fourth-order valence-electron chi connectivity index (χ4n) is 2.32. The minimum atomic E-state index is 0.324. The number of anilines is 2. The standard InChI is InChI=1S/C13H14N2.C2H6/c1-8-4-3-5-10-6-7-11-13(12(8)10)15-9(2)14-11;1-2/h3-7,9,14-15H,1-2H3;1-2H3. The number of benzene rings is 2. The maximum atomic E-state index is 3.47. The summed E-state index contributed by atoms with van der Waals surface area (Å²) in [6.07, 6.45) is 0.324. The van der Waals surface area contributed by atoms with Crippen LogP contribution in [0.4, 0.5) is 11.4 Å². The molecule has 0 amide bonds. The average molecular weight is 228 g/mol. The fourth-order valence-corrected chi connectivity index (χ4v) is 2.32. The van der Waals surface area contributed by atoms with E-state index in [1.165, 1.54) is 27.7 Å². The van der Waals surface area contributed by atoms with E-state index in [9.17, 15) is 0 Å². The zero-order chi connectivity index (χ0) is 12.4. The third-order valence-electron chi connectivity index (χ3n) is 2.99. The number of hydrogen-bond acceptors (Lipinski definition) is 2. The van der Waals surface area contributed by atoms with E-state index in [2.05, 4.69) is 54.8 Å². The van der Waals surface area contributed by atoms with E-state index in [4.69, 9.17) is 0 Å². The van der Waals surface area contributed by atoms with Crippen LogP contribution in [-0.2, 0) is 0 Å². The van der Waals surface area contributed by atoms with Gasteiger partial charge in [-0.15, -0.1) is 0 Å². The summed E-state index contributed by atoms with van der Waals surface area (Å²) in [4.78, 5) is 0. The number of rotatable bonds is 0. The first kappa shape index (κ1) is 11.8. The first-order chi connectivity index (χ1) is 8.25. The Morgan fingerprint density at radius 2 is 1.76 bits per heavy atom. The maximum Gasteiger partial charge on any atom is 0.0936 e. The van der Waals surface area contributed by atoms with Crippen molar-refractivity contribution in [2.75, 3.05) is 10.6 Å². The topological polar surface area (TPSA) is 24.1 Å². The van der Waals surface area contributed by atoms with Gasteiger partial charge in [0.15, 0.2) is 0 Å². The molecule has 2 aromatic rings. The zero-order valence-electron chi connectivity index (χ0n) is 11.0. The quantitative estimate of drug-likeness (QED) is 0.700. The van der Waals surface area contributed by atoms with Gasteiger partial charge in [0.1, 0.15) is 0 Å². The lowest BCUT2D eigenvalue weighted by atomic mass is 10.0. The van der Waals surface area contributed by atoms with Gasteiger partial charge in [0.2, 0.25) is 0 Å². The minimum Gasteiger partial charge on any atom is -0.364 e. The highest BCUT2D eigenvalue weighted by atomic mass is 15.2. The van der Waals surface area contributed by atoms with Gasteiger partial charge in [-0.05, 0) is 30.9 Å². The molecule has 17 heavy (non-hydrogen) atoms. The fraction of sp³-hybridized carbons (Fsp3) is 0.333. The van der Waals surface area contributed by atoms with Crippen LogP contribution in [0.3, 0.4) is 0 Å². The molecule has 2 N–H and O–H groups in total. The molecule has 0 spiro atoms. The maximum absolute atomic E-state index is 3.47. The van der Waals surface area contributed by atoms with Crippen molar-refractivity contribution >= 4 is 22.1 Å². The highest BCUT2D eigenvalue weighted by molar-refractivity contribution is 6.03. The molecular weight excluding hydrogens is 208 g/mol. The van der Waals surface area contributed by atoms with Crippen molar-refractivity contribution < 1.29 is 0 Å². The molecule has 0 saturated heterocycles. The van der Waals surface area contributed by atoms with Crippen LogP contribution in [0, 0.1) is 6.92 Å². The van der Waals surface area contributed by atoms with Gasteiger partial charge in [0, 0.05) is 5.39 Å². The first-order valence-corrected chi connectivity index (χ1v) is 6.31. The molecule has 1 aliphatic rings. The summed E-state index contributed by atoms with van der Waals surface area (Å²) >= 11 is 0. The number of aryl methyl sites for hydroxylation is 1. The van der Waals surface area contributed by atoms with E-state index in [0.29, 0.717) is 6.17 Å². The molecule has 0 radical (unpaired) electrons. The molecule has 2 heteroatoms. The van der Waals surface area contributed by atoms with E-state index < -0.39 is 0 Å². The number of fused-ring (bicyclic) bond motifs is 3. The van der Waals surface area contributed by atoms with Crippen molar-refractivity contribution in [2.24, 2.45) is 0 Å². The summed E-state index contributed by atoms with van der Waals surface area (Å²) in [5.74, 6) is 0. The lowest BCUT2D eigenvalue weighted by molar-refractivity contribution is 0.956. The lowest BCUT2D eigenvalue weighted by Gasteiger charge is -2.07. The van der Waals surface area contributed by atoms with Gasteiger partial charge in [-0.3, -0.25) is 0 Å². The second-order valence-corrected chi connectivity index (χ2v) is 4.17. The normalized spacial score (nSPS) is 16.6. The minimum absolute atomic E-state index is 0.324. The number of nitrogens with one attached hydrogen (secondary N) is 2. The summed E-state index contributed by atoms with van der Waals surface area (Å²) < 4.78 is 0. The summed E-state index contributed by atoms with van der Waals surface area (Å²) in [5, 5.41) is 9.52. The largest absolute Gasteiger partial charge is 0.364 e. The van der Waals surface area contributed by atoms with Gasteiger partial charge in [0.05, 0.1) is 17.5 Å². The van der Waals surface area contributed by atoms with Crippen LogP contribution in [0.2, 0.25) is 0 Å². The molecule has 0 saturated carbocycles. The average Bonchev–Trinajstić information content (AvgIpc) is 2.72. The molecule has 0 bridgehead atoms. The molecule has 90 valence electrons. The van der Waals surface area contributed by atoms with Gasteiger partial charge >= 0.3 is 0 Å². The van der Waals surface area contributed by atoms with Crippen molar-refractivity contribution in [2.45, 2.75) is 33.9 Å². The molecular formula is C15H20N2. The highest BCUT2D eigenvalue weighted by Gasteiger charge is 2.18. The first-order valence-electron chi connectivity index (χ1n) is 6.31. The van der Waals surface area contributed by atoms with Crippen molar-refractivity contribution in [3.63, 3.8) is 0 Å². The van der Waals surface area contributed by atoms with Gasteiger partial charge in [-0.25, -0.2) is 0 Å². The Bertz CT molecular complexity index is 532. The molecule has 1 heterocycles. The van der Waals surface area contributed by atoms with Crippen molar-refractivity contribution in [3.8, 4) is 0 Å². The van der Waals surface area contributed by atoms with E-state index in [1.807, 2.05) is 13.8 Å². The predicted octanol–water partition coefficient (Wildman–Crippen LogP) is 4.36. The van der Waals surface area contributed by atoms with E-state index in [0.717, 1.165) is 0 Å². The summed E-state index contributed by atoms with van der Waals surface area (Å²) in [5.41, 5.74) is 3.79. The van der Waals surface area contributed by atoms with Gasteiger partial charge in [0.25, 0.3) is 0 Å². The third-order valence-corrected chi connectivity index (χ3v) is 2.99. The van der Waals surface area contributed by atoms with Crippen LogP contribution >= 0.6 is 0 Å². The molecule has 2 aromatic carbocycles. The van der Waals surface area contributed by atoms with Crippen LogP contribution < -0.4 is 10.6 Å². The zero-order valence-corrected chi connectivity index (χ0v) is 11.0. The second-order valence-electron chi connectivity index (χ2n) is 4.17. The SMILES string of the molecule is CC.Cc1cccc2ccc3c(c12)NC(C)N3. The van der Waals surface area contributed by atoms with Crippen LogP contribution in [0.25, 0.3) is 10.8 Å². The Balaban J connectivity index is 0.000000514. The van der Waals surface area contributed by atoms with Gasteiger partial charge in [-0.1, -0.05) is 38.1 Å². The van der Waals surface area contributed by atoms with Crippen LogP contribution in [0.15, 0.2) is 30.3 Å². The summed E-state index contributed by atoms with van der Waals surface area (Å²) in [6, 6.07) is 10.7. The van der Waals surface area contributed by atoms with E-state index in [-0.39, 0.29) is 0 Å². The molecule has 0 fully saturated rings. The van der Waals surface area contributed by atoms with Crippen molar-refractivity contribution in [3.05, 3.63) is 35.9 Å². The van der Waals surface area contributed by atoms with Crippen LogP contribution in [-0.4, -0.2) is 6.17 Å². The molecule has 0 aromatic heterocycles. The molecule has 2 nitrogen and oxygen atoms in total. The van der Waals surface area contributed by atoms with Crippen LogP contribution in [0.5, 0.6) is 0 Å². The molecule has 3 rings (SSSR count). The molecule has 1 aliphatic heterocycles. The monoisotopic (exact) mass is 228 g/mol. The van der Waals surface area contributed by atoms with Crippen LogP contribution in [0.1, 0.15) is 26.3 Å². The Kier molecular flexibility index (Phi) is 3.23. The Morgan fingerprint density at radius 1 is 1.00 bits per heavy atom. The molecule has 1 atom stereocenters. The second kappa shape index (κ2) is 4.66. The number of hydrogen-bond donors (Lipinski definition) is 2. The van der Waals surface area contributed by atoms with E-state index in [1.54, 1.807) is 0 Å². The molecule has 0 aliphatic carbocycles. The Labute approximate surface area is 103 Å². The highest BCUT2D eigenvalue weighted by Crippen LogP contribution is 2.37. The molecule has 1 unspecified atom stereocenters. The lowest BCUT2D eigenvalue weighted by Crippen LogP contribution is -2.16. The smallest absolute Gasteiger partial charge is 0.0936 e. The summed E-state index contributed by atoms with van der Waals surface area (Å²) in [7, 11) is 0. The Hall–Kier alpha value is -1.70. The van der Waals surface area contributed by atoms with Gasteiger partial charge < -0.3 is 10.6 Å².